The number of anilines is 2. The molecule has 2 aromatic carbocycles. The van der Waals surface area contributed by atoms with E-state index >= 15 is 0 Å². The number of hydrogen-bond donors (Lipinski definition) is 3. The van der Waals surface area contributed by atoms with Crippen LogP contribution in [0, 0.1) is 19.7 Å². The number of rotatable bonds is 10. The van der Waals surface area contributed by atoms with Crippen molar-refractivity contribution in [1.29, 1.82) is 0 Å². The molecular weight excluding hydrogens is 561 g/mol. The first-order valence-corrected chi connectivity index (χ1v) is 14.9. The van der Waals surface area contributed by atoms with Crippen molar-refractivity contribution in [2.75, 3.05) is 36.4 Å². The number of aryl methyl sites for hydroxylation is 1. The van der Waals surface area contributed by atoms with Crippen molar-refractivity contribution in [3.8, 4) is 0 Å². The second-order valence-electron chi connectivity index (χ2n) is 11.9. The molecule has 3 aromatic rings. The van der Waals surface area contributed by atoms with Gasteiger partial charge in [-0.2, -0.15) is 0 Å². The van der Waals surface area contributed by atoms with Crippen LogP contribution in [0.1, 0.15) is 73.1 Å². The van der Waals surface area contributed by atoms with Gasteiger partial charge in [-0.3, -0.25) is 14.9 Å². The molecule has 44 heavy (non-hydrogen) atoms. The molecule has 9 nitrogen and oxygen atoms in total. The highest BCUT2D eigenvalue weighted by Crippen LogP contribution is 2.39. The van der Waals surface area contributed by atoms with Crippen LogP contribution in [0.25, 0.3) is 11.6 Å². The Balaban J connectivity index is 1.55. The summed E-state index contributed by atoms with van der Waals surface area (Å²) in [6, 6.07) is 11.4. The lowest BCUT2D eigenvalue weighted by atomic mass is 10.0. The average molecular weight is 604 g/mol. The number of carbonyl (C=O) groups excluding carboxylic acids is 3. The van der Waals surface area contributed by atoms with Crippen molar-refractivity contribution < 1.29 is 23.5 Å². The molecule has 4 rings (SSSR count). The molecule has 0 aliphatic carbocycles. The SMILES string of the molecule is CCN(CC)CCNC(=O)c1c(C)[nH]c(/C=C2\C(=O)N(Cc3ccc(NC(=O)OC(C)(C)C)cc3)c3ccc(F)cc32)c1C. The van der Waals surface area contributed by atoms with Crippen molar-refractivity contribution >= 4 is 40.9 Å². The maximum Gasteiger partial charge on any atom is 0.412 e. The van der Waals surface area contributed by atoms with Crippen LogP contribution in [-0.4, -0.2) is 59.6 Å². The normalized spacial score (nSPS) is 13.9. The Kier molecular flexibility index (Phi) is 9.94. The Morgan fingerprint density at radius 3 is 2.39 bits per heavy atom. The smallest absolute Gasteiger partial charge is 0.412 e. The van der Waals surface area contributed by atoms with E-state index in [1.165, 1.54) is 12.1 Å². The highest BCUT2D eigenvalue weighted by atomic mass is 19.1. The summed E-state index contributed by atoms with van der Waals surface area (Å²) in [5.74, 6) is -0.906. The van der Waals surface area contributed by atoms with E-state index in [0.29, 0.717) is 51.6 Å². The zero-order chi connectivity index (χ0) is 32.2. The van der Waals surface area contributed by atoms with E-state index in [0.717, 1.165) is 25.2 Å². The molecule has 10 heteroatoms. The fourth-order valence-corrected chi connectivity index (χ4v) is 5.28. The van der Waals surface area contributed by atoms with E-state index in [-0.39, 0.29) is 18.4 Å². The fraction of sp³-hybridized carbons (Fsp3) is 0.382. The molecule has 0 bridgehead atoms. The third-order valence-corrected chi connectivity index (χ3v) is 7.55. The number of ether oxygens (including phenoxy) is 1. The number of nitrogens with one attached hydrogen (secondary N) is 3. The molecule has 0 radical (unpaired) electrons. The van der Waals surface area contributed by atoms with Gasteiger partial charge in [0.15, 0.2) is 0 Å². The van der Waals surface area contributed by atoms with Crippen LogP contribution < -0.4 is 15.5 Å². The quantitative estimate of drug-likeness (QED) is 0.237. The predicted octanol–water partition coefficient (Wildman–Crippen LogP) is 6.28. The minimum atomic E-state index is -0.616. The van der Waals surface area contributed by atoms with Gasteiger partial charge in [-0.1, -0.05) is 26.0 Å². The van der Waals surface area contributed by atoms with E-state index in [9.17, 15) is 18.8 Å². The summed E-state index contributed by atoms with van der Waals surface area (Å²) in [4.78, 5) is 46.1. The summed E-state index contributed by atoms with van der Waals surface area (Å²) in [7, 11) is 0. The molecule has 0 fully saturated rings. The van der Waals surface area contributed by atoms with E-state index < -0.39 is 17.5 Å². The number of aromatic nitrogens is 1. The lowest BCUT2D eigenvalue weighted by Crippen LogP contribution is -2.35. The van der Waals surface area contributed by atoms with Crippen LogP contribution in [0.5, 0.6) is 0 Å². The molecule has 0 saturated heterocycles. The summed E-state index contributed by atoms with van der Waals surface area (Å²) >= 11 is 0. The van der Waals surface area contributed by atoms with Crippen molar-refractivity contribution in [3.63, 3.8) is 0 Å². The number of carbonyl (C=O) groups is 3. The van der Waals surface area contributed by atoms with Crippen molar-refractivity contribution in [2.24, 2.45) is 0 Å². The van der Waals surface area contributed by atoms with Gasteiger partial charge >= 0.3 is 6.09 Å². The number of benzene rings is 2. The third kappa shape index (κ3) is 7.55. The summed E-state index contributed by atoms with van der Waals surface area (Å²) < 4.78 is 19.7. The Hall–Kier alpha value is -4.44. The lowest BCUT2D eigenvalue weighted by Gasteiger charge is -2.20. The molecule has 0 atom stereocenters. The van der Waals surface area contributed by atoms with Crippen LogP contribution in [0.3, 0.4) is 0 Å². The average Bonchev–Trinajstić information content (AvgIpc) is 3.37. The van der Waals surface area contributed by atoms with Crippen molar-refractivity contribution in [1.82, 2.24) is 15.2 Å². The van der Waals surface area contributed by atoms with Crippen LogP contribution in [0.15, 0.2) is 42.5 Å². The molecule has 234 valence electrons. The zero-order valence-corrected chi connectivity index (χ0v) is 26.6. The fourth-order valence-electron chi connectivity index (χ4n) is 5.28. The molecule has 1 aliphatic rings. The van der Waals surface area contributed by atoms with Gasteiger partial charge in [0.2, 0.25) is 0 Å². The highest BCUT2D eigenvalue weighted by Gasteiger charge is 2.33. The monoisotopic (exact) mass is 603 g/mol. The van der Waals surface area contributed by atoms with E-state index in [1.807, 2.05) is 26.0 Å². The molecule has 3 amide bonds. The van der Waals surface area contributed by atoms with Crippen molar-refractivity contribution in [3.05, 3.63) is 81.9 Å². The van der Waals surface area contributed by atoms with Gasteiger partial charge in [-0.15, -0.1) is 0 Å². The van der Waals surface area contributed by atoms with Gasteiger partial charge in [-0.25, -0.2) is 9.18 Å². The molecule has 1 aliphatic heterocycles. The molecule has 0 saturated carbocycles. The van der Waals surface area contributed by atoms with Crippen LogP contribution >= 0.6 is 0 Å². The van der Waals surface area contributed by atoms with Gasteiger partial charge in [-0.05, 0) is 95.2 Å². The summed E-state index contributed by atoms with van der Waals surface area (Å²) in [5, 5.41) is 5.70. The number of nitrogens with zero attached hydrogens (tertiary/aromatic N) is 2. The Bertz CT molecular complexity index is 1570. The minimum Gasteiger partial charge on any atom is -0.444 e. The molecule has 0 unspecified atom stereocenters. The van der Waals surface area contributed by atoms with Crippen LogP contribution in [-0.2, 0) is 16.1 Å². The molecule has 0 spiro atoms. The first-order chi connectivity index (χ1) is 20.8. The largest absolute Gasteiger partial charge is 0.444 e. The standard InChI is InChI=1S/C34H42FN5O4/c1-8-39(9-2)17-16-36-31(41)30-21(3)28(37-22(30)4)19-27-26-18-24(35)12-15-29(26)40(32(27)42)20-23-10-13-25(14-11-23)38-33(43)44-34(5,6)7/h10-15,18-19,37H,8-9,16-17,20H2,1-7H3,(H,36,41)(H,38,43)/b27-19-. The number of aromatic amines is 1. The van der Waals surface area contributed by atoms with E-state index in [2.05, 4.69) is 34.4 Å². The van der Waals surface area contributed by atoms with Gasteiger partial charge in [0.05, 0.1) is 23.4 Å². The lowest BCUT2D eigenvalue weighted by molar-refractivity contribution is -0.113. The molecule has 1 aromatic heterocycles. The van der Waals surface area contributed by atoms with Gasteiger partial charge in [0, 0.05) is 35.7 Å². The Morgan fingerprint density at radius 2 is 1.75 bits per heavy atom. The van der Waals surface area contributed by atoms with E-state index in [4.69, 9.17) is 4.74 Å². The minimum absolute atomic E-state index is 0.177. The topological polar surface area (TPSA) is 107 Å². The second kappa shape index (κ2) is 13.5. The maximum atomic E-state index is 14.4. The number of halogens is 1. The first kappa shape index (κ1) is 32.5. The van der Waals surface area contributed by atoms with Gasteiger partial charge in [0.1, 0.15) is 11.4 Å². The summed E-state index contributed by atoms with van der Waals surface area (Å²) in [5.41, 5.74) is 4.74. The Labute approximate surface area is 258 Å². The molecule has 2 heterocycles. The number of H-pyrrole nitrogens is 1. The molecular formula is C34H42FN5O4. The predicted molar refractivity (Wildman–Crippen MR) is 172 cm³/mol. The van der Waals surface area contributed by atoms with Gasteiger partial charge in [0.25, 0.3) is 11.8 Å². The number of amides is 3. The van der Waals surface area contributed by atoms with E-state index in [1.54, 1.807) is 49.9 Å². The van der Waals surface area contributed by atoms with Crippen molar-refractivity contribution in [2.45, 2.75) is 60.6 Å². The second-order valence-corrected chi connectivity index (χ2v) is 11.9. The maximum absolute atomic E-state index is 14.4. The zero-order valence-electron chi connectivity index (χ0n) is 26.6. The number of hydrogen-bond acceptors (Lipinski definition) is 5. The summed E-state index contributed by atoms with van der Waals surface area (Å²) in [6.45, 7) is 16.6. The highest BCUT2D eigenvalue weighted by molar-refractivity contribution is 6.35. The van der Waals surface area contributed by atoms with Crippen LogP contribution in [0.2, 0.25) is 0 Å². The third-order valence-electron chi connectivity index (χ3n) is 7.55. The summed E-state index contributed by atoms with van der Waals surface area (Å²) in [6.07, 6.45) is 1.14. The Morgan fingerprint density at radius 1 is 1.07 bits per heavy atom. The molecule has 3 N–H and O–H groups in total. The first-order valence-electron chi connectivity index (χ1n) is 14.9. The van der Waals surface area contributed by atoms with Crippen LogP contribution in [0.4, 0.5) is 20.6 Å². The number of likely N-dealkylation sites (N-methyl/N-ethyl adjacent to an activating group) is 1. The van der Waals surface area contributed by atoms with Gasteiger partial charge < -0.3 is 24.8 Å². The number of fused-ring (bicyclic) bond motifs is 1.